The number of nitrogens with zero attached hydrogens (tertiary/aromatic N) is 3. The first-order valence-electron chi connectivity index (χ1n) is 5.97. The third-order valence-corrected chi connectivity index (χ3v) is 3.06. The van der Waals surface area contributed by atoms with E-state index in [1.165, 1.54) is 19.3 Å². The molecule has 1 aliphatic carbocycles. The molecule has 4 heteroatoms. The molecule has 0 saturated heterocycles. The first-order chi connectivity index (χ1) is 7.40. The van der Waals surface area contributed by atoms with Crippen molar-refractivity contribution in [2.24, 2.45) is 5.92 Å². The molecule has 1 heterocycles. The number of hydrogen-bond acceptors (Lipinski definition) is 3. The molecular formula is C11H20N4. The smallest absolute Gasteiger partial charge is 0.140 e. The fraction of sp³-hybridized carbons (Fsp3) is 0.818. The van der Waals surface area contributed by atoms with Gasteiger partial charge in [0, 0.05) is 6.54 Å². The summed E-state index contributed by atoms with van der Waals surface area (Å²) >= 11 is 0. The van der Waals surface area contributed by atoms with E-state index in [1.807, 2.05) is 0 Å². The van der Waals surface area contributed by atoms with Crippen molar-refractivity contribution in [2.45, 2.75) is 45.7 Å². The van der Waals surface area contributed by atoms with Gasteiger partial charge < -0.3 is 5.32 Å². The Morgan fingerprint density at radius 1 is 1.53 bits per heavy atom. The maximum Gasteiger partial charge on any atom is 0.140 e. The van der Waals surface area contributed by atoms with Crippen molar-refractivity contribution in [3.05, 3.63) is 12.2 Å². The second-order valence-electron chi connectivity index (χ2n) is 4.33. The molecule has 2 rings (SSSR count). The molecule has 0 atom stereocenters. The van der Waals surface area contributed by atoms with Crippen LogP contribution in [0.25, 0.3) is 0 Å². The van der Waals surface area contributed by atoms with Gasteiger partial charge in [-0.2, -0.15) is 5.10 Å². The Balaban J connectivity index is 1.83. The summed E-state index contributed by atoms with van der Waals surface area (Å²) in [6, 6.07) is 0. The highest BCUT2D eigenvalue weighted by molar-refractivity contribution is 4.85. The summed E-state index contributed by atoms with van der Waals surface area (Å²) in [4.78, 5) is 4.29. The van der Waals surface area contributed by atoms with Gasteiger partial charge in [0.1, 0.15) is 12.2 Å². The minimum atomic E-state index is 0.844. The molecular weight excluding hydrogens is 188 g/mol. The molecule has 0 unspecified atom stereocenters. The van der Waals surface area contributed by atoms with E-state index in [9.17, 15) is 0 Å². The molecule has 1 aromatic rings. The first kappa shape index (κ1) is 10.6. The number of nitrogens with one attached hydrogen (secondary N) is 1. The maximum absolute atomic E-state index is 4.29. The Hall–Kier alpha value is -0.900. The highest BCUT2D eigenvalue weighted by Crippen LogP contribution is 2.27. The lowest BCUT2D eigenvalue weighted by Gasteiger charge is -2.25. The highest BCUT2D eigenvalue weighted by atomic mass is 15.3. The number of aromatic nitrogens is 3. The molecule has 1 N–H and O–H groups in total. The molecule has 1 fully saturated rings. The molecule has 15 heavy (non-hydrogen) atoms. The van der Waals surface area contributed by atoms with Crippen molar-refractivity contribution in [1.29, 1.82) is 0 Å². The number of hydrogen-bond donors (Lipinski definition) is 1. The quantitative estimate of drug-likeness (QED) is 0.722. The third kappa shape index (κ3) is 2.78. The summed E-state index contributed by atoms with van der Waals surface area (Å²) in [5, 5.41) is 7.65. The van der Waals surface area contributed by atoms with Gasteiger partial charge in [0.25, 0.3) is 0 Å². The largest absolute Gasteiger partial charge is 0.310 e. The minimum absolute atomic E-state index is 0.844. The van der Waals surface area contributed by atoms with Gasteiger partial charge in [-0.15, -0.1) is 0 Å². The van der Waals surface area contributed by atoms with Crippen LogP contribution in [0.1, 0.15) is 38.4 Å². The van der Waals surface area contributed by atoms with Crippen LogP contribution in [0.2, 0.25) is 0 Å². The zero-order valence-corrected chi connectivity index (χ0v) is 9.45. The van der Waals surface area contributed by atoms with Crippen LogP contribution in [-0.2, 0) is 13.1 Å². The van der Waals surface area contributed by atoms with Crippen LogP contribution in [0.15, 0.2) is 6.33 Å². The summed E-state index contributed by atoms with van der Waals surface area (Å²) in [7, 11) is 0. The van der Waals surface area contributed by atoms with Crippen LogP contribution >= 0.6 is 0 Å². The Labute approximate surface area is 91.1 Å². The van der Waals surface area contributed by atoms with Gasteiger partial charge in [0.05, 0.1) is 6.54 Å². The Kier molecular flexibility index (Phi) is 3.72. The lowest BCUT2D eigenvalue weighted by Crippen LogP contribution is -2.23. The van der Waals surface area contributed by atoms with E-state index in [0.717, 1.165) is 37.8 Å². The Morgan fingerprint density at radius 2 is 2.40 bits per heavy atom. The van der Waals surface area contributed by atoms with Crippen molar-refractivity contribution in [3.8, 4) is 0 Å². The average molecular weight is 208 g/mol. The van der Waals surface area contributed by atoms with Gasteiger partial charge in [0.2, 0.25) is 0 Å². The first-order valence-corrected chi connectivity index (χ1v) is 5.97. The standard InChI is InChI=1S/C11H20N4/c1-2-6-12-7-11-13-9-14-15(11)8-10-4-3-5-10/h9-10,12H,2-8H2,1H3. The molecule has 1 saturated carbocycles. The van der Waals surface area contributed by atoms with Crippen LogP contribution in [-0.4, -0.2) is 21.3 Å². The summed E-state index contributed by atoms with van der Waals surface area (Å²) in [6.07, 6.45) is 6.95. The second-order valence-corrected chi connectivity index (χ2v) is 4.33. The van der Waals surface area contributed by atoms with Crippen LogP contribution < -0.4 is 5.32 Å². The van der Waals surface area contributed by atoms with E-state index < -0.39 is 0 Å². The molecule has 0 bridgehead atoms. The van der Waals surface area contributed by atoms with E-state index >= 15 is 0 Å². The zero-order valence-electron chi connectivity index (χ0n) is 9.45. The predicted octanol–water partition coefficient (Wildman–Crippen LogP) is 1.58. The summed E-state index contributed by atoms with van der Waals surface area (Å²) in [5.74, 6) is 1.92. The molecule has 0 radical (unpaired) electrons. The van der Waals surface area contributed by atoms with E-state index in [1.54, 1.807) is 6.33 Å². The predicted molar refractivity (Wildman–Crippen MR) is 59.4 cm³/mol. The summed E-state index contributed by atoms with van der Waals surface area (Å²) in [5.41, 5.74) is 0. The topological polar surface area (TPSA) is 42.7 Å². The molecule has 1 aromatic heterocycles. The lowest BCUT2D eigenvalue weighted by atomic mass is 9.85. The molecule has 0 aliphatic heterocycles. The van der Waals surface area contributed by atoms with Crippen LogP contribution in [0, 0.1) is 5.92 Å². The fourth-order valence-corrected chi connectivity index (χ4v) is 1.87. The summed E-state index contributed by atoms with van der Waals surface area (Å²) < 4.78 is 2.06. The average Bonchev–Trinajstić information content (AvgIpc) is 2.60. The van der Waals surface area contributed by atoms with E-state index in [4.69, 9.17) is 0 Å². The van der Waals surface area contributed by atoms with Crippen molar-refractivity contribution in [2.75, 3.05) is 6.54 Å². The third-order valence-electron chi connectivity index (χ3n) is 3.06. The van der Waals surface area contributed by atoms with E-state index in [2.05, 4.69) is 27.0 Å². The SMILES string of the molecule is CCCNCc1ncnn1CC1CCC1. The van der Waals surface area contributed by atoms with Gasteiger partial charge in [0.15, 0.2) is 0 Å². The van der Waals surface area contributed by atoms with Crippen molar-refractivity contribution in [3.63, 3.8) is 0 Å². The zero-order chi connectivity index (χ0) is 10.5. The minimum Gasteiger partial charge on any atom is -0.310 e. The molecule has 0 amide bonds. The monoisotopic (exact) mass is 208 g/mol. The van der Waals surface area contributed by atoms with Gasteiger partial charge in [-0.25, -0.2) is 9.67 Å². The van der Waals surface area contributed by atoms with Gasteiger partial charge in [-0.3, -0.25) is 0 Å². The Morgan fingerprint density at radius 3 is 3.07 bits per heavy atom. The van der Waals surface area contributed by atoms with E-state index in [0.29, 0.717) is 0 Å². The molecule has 0 spiro atoms. The maximum atomic E-state index is 4.29. The van der Waals surface area contributed by atoms with Gasteiger partial charge in [-0.05, 0) is 31.7 Å². The van der Waals surface area contributed by atoms with Gasteiger partial charge in [-0.1, -0.05) is 13.3 Å². The molecule has 4 nitrogen and oxygen atoms in total. The van der Waals surface area contributed by atoms with Gasteiger partial charge >= 0.3 is 0 Å². The Bertz CT molecular complexity index is 291. The van der Waals surface area contributed by atoms with Crippen molar-refractivity contribution < 1.29 is 0 Å². The van der Waals surface area contributed by atoms with Crippen molar-refractivity contribution >= 4 is 0 Å². The van der Waals surface area contributed by atoms with Crippen LogP contribution in [0.5, 0.6) is 0 Å². The normalized spacial score (nSPS) is 16.6. The summed E-state index contributed by atoms with van der Waals surface area (Å²) in [6.45, 7) is 5.13. The molecule has 0 aromatic carbocycles. The number of rotatable bonds is 6. The van der Waals surface area contributed by atoms with Crippen LogP contribution in [0.4, 0.5) is 0 Å². The van der Waals surface area contributed by atoms with Crippen LogP contribution in [0.3, 0.4) is 0 Å². The lowest BCUT2D eigenvalue weighted by molar-refractivity contribution is 0.262. The highest BCUT2D eigenvalue weighted by Gasteiger charge is 2.19. The second kappa shape index (κ2) is 5.26. The fourth-order valence-electron chi connectivity index (χ4n) is 1.87. The molecule has 1 aliphatic rings. The molecule has 84 valence electrons. The van der Waals surface area contributed by atoms with Crippen molar-refractivity contribution in [1.82, 2.24) is 20.1 Å². The van der Waals surface area contributed by atoms with E-state index in [-0.39, 0.29) is 0 Å².